The molecule has 106 valence electrons. The van der Waals surface area contributed by atoms with Gasteiger partial charge in [0.05, 0.1) is 0 Å². The molecule has 1 aliphatic heterocycles. The van der Waals surface area contributed by atoms with Crippen LogP contribution in [0.1, 0.15) is 58.8 Å². The summed E-state index contributed by atoms with van der Waals surface area (Å²) in [5, 5.41) is 3.95. The molecule has 0 spiro atoms. The zero-order chi connectivity index (χ0) is 13.0. The smallest absolute Gasteiger partial charge is 0.0197 e. The molecule has 1 saturated carbocycles. The molecule has 3 atom stereocenters. The number of hydrogen-bond donors (Lipinski definition) is 1. The van der Waals surface area contributed by atoms with E-state index in [1.807, 2.05) is 0 Å². The first-order valence-electron chi connectivity index (χ1n) is 8.09. The van der Waals surface area contributed by atoms with Gasteiger partial charge in [0.15, 0.2) is 0 Å². The lowest BCUT2D eigenvalue weighted by molar-refractivity contribution is 0.211. The Kier molecular flexibility index (Phi) is 5.50. The molecule has 0 bridgehead atoms. The van der Waals surface area contributed by atoms with Crippen molar-refractivity contribution >= 4 is 0 Å². The van der Waals surface area contributed by atoms with Gasteiger partial charge < -0.3 is 10.2 Å². The van der Waals surface area contributed by atoms with Crippen LogP contribution in [-0.4, -0.2) is 37.1 Å². The van der Waals surface area contributed by atoms with Crippen LogP contribution >= 0.6 is 0 Å². The molecule has 2 aliphatic rings. The van der Waals surface area contributed by atoms with E-state index in [1.165, 1.54) is 58.0 Å². The molecule has 1 N–H and O–H groups in total. The largest absolute Gasteiger partial charge is 0.310 e. The molecule has 0 aromatic rings. The van der Waals surface area contributed by atoms with Gasteiger partial charge in [-0.1, -0.05) is 26.7 Å². The zero-order valence-electron chi connectivity index (χ0n) is 12.6. The SMILES string of the molecule is CC(C)C1CCCC(NC2CCCN(C)C2)CC1. The second-order valence-corrected chi connectivity index (χ2v) is 6.98. The fraction of sp³-hybridized carbons (Fsp3) is 1.00. The summed E-state index contributed by atoms with van der Waals surface area (Å²) in [5.74, 6) is 1.86. The second kappa shape index (κ2) is 6.91. The van der Waals surface area contributed by atoms with Crippen LogP contribution in [0.25, 0.3) is 0 Å². The van der Waals surface area contributed by atoms with Gasteiger partial charge in [0, 0.05) is 18.6 Å². The van der Waals surface area contributed by atoms with Crippen molar-refractivity contribution in [2.75, 3.05) is 20.1 Å². The van der Waals surface area contributed by atoms with Crippen molar-refractivity contribution in [3.63, 3.8) is 0 Å². The highest BCUT2D eigenvalue weighted by Gasteiger charge is 2.24. The van der Waals surface area contributed by atoms with Crippen molar-refractivity contribution in [3.05, 3.63) is 0 Å². The Labute approximate surface area is 114 Å². The Morgan fingerprint density at radius 1 is 0.944 bits per heavy atom. The van der Waals surface area contributed by atoms with Gasteiger partial charge in [-0.3, -0.25) is 0 Å². The molecule has 1 aliphatic carbocycles. The molecule has 1 heterocycles. The van der Waals surface area contributed by atoms with Crippen LogP contribution in [0.2, 0.25) is 0 Å². The van der Waals surface area contributed by atoms with Gasteiger partial charge in [-0.25, -0.2) is 0 Å². The van der Waals surface area contributed by atoms with Crippen molar-refractivity contribution in [2.24, 2.45) is 11.8 Å². The molecule has 2 nitrogen and oxygen atoms in total. The van der Waals surface area contributed by atoms with Crippen LogP contribution in [0.5, 0.6) is 0 Å². The maximum Gasteiger partial charge on any atom is 0.0197 e. The highest BCUT2D eigenvalue weighted by molar-refractivity contribution is 4.83. The highest BCUT2D eigenvalue weighted by Crippen LogP contribution is 2.29. The molecule has 2 heteroatoms. The second-order valence-electron chi connectivity index (χ2n) is 6.98. The van der Waals surface area contributed by atoms with Crippen LogP contribution in [0, 0.1) is 11.8 Å². The number of likely N-dealkylation sites (N-methyl/N-ethyl adjacent to an activating group) is 1. The van der Waals surface area contributed by atoms with E-state index in [9.17, 15) is 0 Å². The van der Waals surface area contributed by atoms with Crippen molar-refractivity contribution in [1.29, 1.82) is 0 Å². The maximum absolute atomic E-state index is 3.95. The fourth-order valence-corrected chi connectivity index (χ4v) is 3.80. The van der Waals surface area contributed by atoms with Crippen molar-refractivity contribution in [1.82, 2.24) is 10.2 Å². The zero-order valence-corrected chi connectivity index (χ0v) is 12.6. The molecule has 1 saturated heterocycles. The third kappa shape index (κ3) is 4.24. The van der Waals surface area contributed by atoms with Crippen molar-refractivity contribution in [2.45, 2.75) is 70.9 Å². The first-order valence-corrected chi connectivity index (χ1v) is 8.09. The first kappa shape index (κ1) is 14.3. The third-order valence-corrected chi connectivity index (χ3v) is 5.05. The number of piperidine rings is 1. The molecule has 3 unspecified atom stereocenters. The summed E-state index contributed by atoms with van der Waals surface area (Å²) >= 11 is 0. The lowest BCUT2D eigenvalue weighted by atomic mass is 9.89. The topological polar surface area (TPSA) is 15.3 Å². The van der Waals surface area contributed by atoms with E-state index < -0.39 is 0 Å². The molecule has 0 aromatic carbocycles. The molecule has 2 fully saturated rings. The minimum atomic E-state index is 0.754. The molecule has 0 radical (unpaired) electrons. The molecule has 0 amide bonds. The number of nitrogens with zero attached hydrogens (tertiary/aromatic N) is 1. The van der Waals surface area contributed by atoms with E-state index in [4.69, 9.17) is 0 Å². The van der Waals surface area contributed by atoms with Gasteiger partial charge in [-0.05, 0) is 57.5 Å². The van der Waals surface area contributed by atoms with Crippen molar-refractivity contribution in [3.8, 4) is 0 Å². The van der Waals surface area contributed by atoms with E-state index in [1.54, 1.807) is 0 Å². The van der Waals surface area contributed by atoms with E-state index in [0.717, 1.165) is 23.9 Å². The Morgan fingerprint density at radius 3 is 2.44 bits per heavy atom. The normalized spacial score (nSPS) is 35.7. The highest BCUT2D eigenvalue weighted by atomic mass is 15.1. The standard InChI is InChI=1S/C16H32N2/c1-13(2)14-6-4-7-15(10-9-14)17-16-8-5-11-18(3)12-16/h13-17H,4-12H2,1-3H3. The van der Waals surface area contributed by atoms with Crippen molar-refractivity contribution < 1.29 is 0 Å². The minimum Gasteiger partial charge on any atom is -0.310 e. The summed E-state index contributed by atoms with van der Waals surface area (Å²) in [7, 11) is 2.26. The maximum atomic E-state index is 3.95. The molecular formula is C16H32N2. The van der Waals surface area contributed by atoms with Gasteiger partial charge in [0.1, 0.15) is 0 Å². The summed E-state index contributed by atoms with van der Waals surface area (Å²) in [6, 6.07) is 1.55. The average molecular weight is 252 g/mol. The van der Waals surface area contributed by atoms with Gasteiger partial charge in [0.25, 0.3) is 0 Å². The lowest BCUT2D eigenvalue weighted by Crippen LogP contribution is -2.47. The molecule has 18 heavy (non-hydrogen) atoms. The number of rotatable bonds is 3. The molecule has 2 rings (SSSR count). The summed E-state index contributed by atoms with van der Waals surface area (Å²) in [6.07, 6.45) is 9.90. The predicted octanol–water partition coefficient (Wildman–Crippen LogP) is 3.28. The van der Waals surface area contributed by atoms with Gasteiger partial charge in [0.2, 0.25) is 0 Å². The molecule has 0 aromatic heterocycles. The van der Waals surface area contributed by atoms with E-state index >= 15 is 0 Å². The Morgan fingerprint density at radius 2 is 1.72 bits per heavy atom. The minimum absolute atomic E-state index is 0.754. The summed E-state index contributed by atoms with van der Waals surface area (Å²) < 4.78 is 0. The van der Waals surface area contributed by atoms with Crippen LogP contribution in [0.4, 0.5) is 0 Å². The van der Waals surface area contributed by atoms with Crippen LogP contribution < -0.4 is 5.32 Å². The monoisotopic (exact) mass is 252 g/mol. The number of nitrogens with one attached hydrogen (secondary N) is 1. The van der Waals surface area contributed by atoms with Crippen LogP contribution in [0.15, 0.2) is 0 Å². The first-order chi connectivity index (χ1) is 8.65. The summed E-state index contributed by atoms with van der Waals surface area (Å²) in [6.45, 7) is 7.34. The van der Waals surface area contributed by atoms with E-state index in [2.05, 4.69) is 31.1 Å². The van der Waals surface area contributed by atoms with Gasteiger partial charge >= 0.3 is 0 Å². The van der Waals surface area contributed by atoms with Gasteiger partial charge in [-0.2, -0.15) is 0 Å². The molecular weight excluding hydrogens is 220 g/mol. The summed E-state index contributed by atoms with van der Waals surface area (Å²) in [4.78, 5) is 2.48. The Hall–Kier alpha value is -0.0800. The quantitative estimate of drug-likeness (QED) is 0.776. The fourth-order valence-electron chi connectivity index (χ4n) is 3.80. The van der Waals surface area contributed by atoms with E-state index in [-0.39, 0.29) is 0 Å². The van der Waals surface area contributed by atoms with Crippen LogP contribution in [-0.2, 0) is 0 Å². The predicted molar refractivity (Wildman–Crippen MR) is 78.9 cm³/mol. The van der Waals surface area contributed by atoms with E-state index in [0.29, 0.717) is 0 Å². The average Bonchev–Trinajstić information content (AvgIpc) is 2.55. The summed E-state index contributed by atoms with van der Waals surface area (Å²) in [5.41, 5.74) is 0. The van der Waals surface area contributed by atoms with Gasteiger partial charge in [-0.15, -0.1) is 0 Å². The number of hydrogen-bond acceptors (Lipinski definition) is 2. The lowest BCUT2D eigenvalue weighted by Gasteiger charge is -2.33. The Balaban J connectivity index is 1.76. The third-order valence-electron chi connectivity index (χ3n) is 5.05. The number of likely N-dealkylation sites (tertiary alicyclic amines) is 1. The van der Waals surface area contributed by atoms with Crippen LogP contribution in [0.3, 0.4) is 0 Å². The Bertz CT molecular complexity index is 239.